The van der Waals surface area contributed by atoms with Crippen molar-refractivity contribution in [2.45, 2.75) is 6.54 Å². The zero-order valence-corrected chi connectivity index (χ0v) is 11.7. The molecule has 3 aromatic rings. The highest BCUT2D eigenvalue weighted by molar-refractivity contribution is 6.30. The van der Waals surface area contributed by atoms with Gasteiger partial charge in [-0.3, -0.25) is 4.79 Å². The Kier molecular flexibility index (Phi) is 3.50. The Morgan fingerprint density at radius 1 is 1.29 bits per heavy atom. The van der Waals surface area contributed by atoms with Crippen molar-refractivity contribution in [1.29, 1.82) is 0 Å². The first kappa shape index (κ1) is 13.5. The Bertz CT molecular complexity index is 796. The number of carbonyl (C=O) groups is 1. The predicted molar refractivity (Wildman–Crippen MR) is 79.5 cm³/mol. The molecule has 1 aromatic carbocycles. The molecule has 0 unspecified atom stereocenters. The van der Waals surface area contributed by atoms with Gasteiger partial charge in [0, 0.05) is 24.0 Å². The average Bonchev–Trinajstić information content (AvgIpc) is 2.92. The summed E-state index contributed by atoms with van der Waals surface area (Å²) in [7, 11) is 0. The normalized spacial score (nSPS) is 10.7. The second-order valence-electron chi connectivity index (χ2n) is 4.56. The van der Waals surface area contributed by atoms with Crippen LogP contribution >= 0.6 is 11.6 Å². The first-order valence-corrected chi connectivity index (χ1v) is 6.70. The highest BCUT2D eigenvalue weighted by atomic mass is 35.5. The average molecular weight is 302 g/mol. The van der Waals surface area contributed by atoms with E-state index in [-0.39, 0.29) is 17.4 Å². The van der Waals surface area contributed by atoms with E-state index in [9.17, 15) is 9.90 Å². The summed E-state index contributed by atoms with van der Waals surface area (Å²) < 4.78 is 1.60. The van der Waals surface area contributed by atoms with Gasteiger partial charge in [0.1, 0.15) is 5.69 Å². The van der Waals surface area contributed by atoms with Gasteiger partial charge in [0.05, 0.1) is 0 Å². The largest absolute Gasteiger partial charge is 0.504 e. The molecule has 2 heterocycles. The Labute approximate surface area is 125 Å². The number of nitrogens with zero attached hydrogens (tertiary/aromatic N) is 2. The molecule has 0 bridgehead atoms. The van der Waals surface area contributed by atoms with E-state index < -0.39 is 0 Å². The van der Waals surface area contributed by atoms with Crippen LogP contribution < -0.4 is 5.32 Å². The molecule has 21 heavy (non-hydrogen) atoms. The van der Waals surface area contributed by atoms with Crippen molar-refractivity contribution in [2.75, 3.05) is 0 Å². The van der Waals surface area contributed by atoms with Crippen molar-refractivity contribution < 1.29 is 9.90 Å². The van der Waals surface area contributed by atoms with Crippen LogP contribution in [0.15, 0.2) is 48.8 Å². The molecular formula is C15H12ClN3O2. The molecule has 0 aliphatic rings. The number of halogens is 1. The number of hydrogen-bond donors (Lipinski definition) is 2. The van der Waals surface area contributed by atoms with Crippen LogP contribution in [-0.2, 0) is 6.54 Å². The van der Waals surface area contributed by atoms with E-state index in [0.29, 0.717) is 17.2 Å². The number of aromatic nitrogens is 2. The van der Waals surface area contributed by atoms with Gasteiger partial charge in [-0.05, 0) is 29.8 Å². The lowest BCUT2D eigenvalue weighted by Gasteiger charge is -2.03. The molecule has 0 radical (unpaired) electrons. The third-order valence-electron chi connectivity index (χ3n) is 3.06. The van der Waals surface area contributed by atoms with E-state index in [1.807, 2.05) is 12.1 Å². The Balaban J connectivity index is 1.75. The maximum atomic E-state index is 12.1. The number of aromatic hydroxyl groups is 1. The van der Waals surface area contributed by atoms with Gasteiger partial charge in [-0.1, -0.05) is 23.7 Å². The maximum absolute atomic E-state index is 12.1. The SMILES string of the molecule is O=C(NCc1ccc(Cl)cc1)c1cn2cccc(O)c2n1. The molecule has 2 aromatic heterocycles. The summed E-state index contributed by atoms with van der Waals surface area (Å²) in [6.07, 6.45) is 3.30. The Hall–Kier alpha value is -2.53. The summed E-state index contributed by atoms with van der Waals surface area (Å²) in [5.74, 6) is -0.262. The van der Waals surface area contributed by atoms with Crippen molar-refractivity contribution in [3.63, 3.8) is 0 Å². The minimum atomic E-state index is -0.298. The van der Waals surface area contributed by atoms with Crippen LogP contribution in [0.5, 0.6) is 5.75 Å². The number of rotatable bonds is 3. The van der Waals surface area contributed by atoms with E-state index in [0.717, 1.165) is 5.56 Å². The minimum absolute atomic E-state index is 0.0363. The molecule has 3 rings (SSSR count). The molecule has 0 saturated carbocycles. The summed E-state index contributed by atoms with van der Waals surface area (Å²) in [5, 5.41) is 13.1. The molecule has 0 atom stereocenters. The van der Waals surface area contributed by atoms with Crippen LogP contribution in [0, 0.1) is 0 Å². The van der Waals surface area contributed by atoms with Crippen LogP contribution in [0.3, 0.4) is 0 Å². The van der Waals surface area contributed by atoms with Crippen LogP contribution in [0.1, 0.15) is 16.1 Å². The van der Waals surface area contributed by atoms with Gasteiger partial charge >= 0.3 is 0 Å². The third-order valence-corrected chi connectivity index (χ3v) is 3.31. The van der Waals surface area contributed by atoms with Gasteiger partial charge in [0.25, 0.3) is 5.91 Å². The van der Waals surface area contributed by atoms with Crippen LogP contribution in [0.2, 0.25) is 5.02 Å². The zero-order chi connectivity index (χ0) is 14.8. The van der Waals surface area contributed by atoms with E-state index in [1.54, 1.807) is 35.0 Å². The standard InChI is InChI=1S/C15H12ClN3O2/c16-11-5-3-10(4-6-11)8-17-15(21)12-9-19-7-1-2-13(20)14(19)18-12/h1-7,9,20H,8H2,(H,17,21). The fourth-order valence-electron chi connectivity index (χ4n) is 1.98. The van der Waals surface area contributed by atoms with Gasteiger partial charge in [0.2, 0.25) is 0 Å². The molecule has 5 nitrogen and oxygen atoms in total. The molecule has 0 aliphatic heterocycles. The fraction of sp³-hybridized carbons (Fsp3) is 0.0667. The topological polar surface area (TPSA) is 66.6 Å². The van der Waals surface area contributed by atoms with Crippen LogP contribution in [0.25, 0.3) is 5.65 Å². The number of imidazole rings is 1. The number of pyridine rings is 1. The molecule has 0 fully saturated rings. The summed E-state index contributed by atoms with van der Waals surface area (Å²) in [4.78, 5) is 16.2. The molecule has 2 N–H and O–H groups in total. The lowest BCUT2D eigenvalue weighted by atomic mass is 10.2. The number of benzene rings is 1. The van der Waals surface area contributed by atoms with Crippen LogP contribution in [0.4, 0.5) is 0 Å². The minimum Gasteiger partial charge on any atom is -0.504 e. The summed E-state index contributed by atoms with van der Waals surface area (Å²) in [5.41, 5.74) is 1.55. The second kappa shape index (κ2) is 5.46. The number of carbonyl (C=O) groups excluding carboxylic acids is 1. The predicted octanol–water partition coefficient (Wildman–Crippen LogP) is 2.62. The first-order chi connectivity index (χ1) is 10.1. The zero-order valence-electron chi connectivity index (χ0n) is 11.0. The summed E-state index contributed by atoms with van der Waals surface area (Å²) in [6, 6.07) is 10.4. The van der Waals surface area contributed by atoms with Gasteiger partial charge in [0.15, 0.2) is 11.4 Å². The molecule has 6 heteroatoms. The summed E-state index contributed by atoms with van der Waals surface area (Å²) >= 11 is 5.81. The first-order valence-electron chi connectivity index (χ1n) is 6.33. The smallest absolute Gasteiger partial charge is 0.271 e. The quantitative estimate of drug-likeness (QED) is 0.781. The van der Waals surface area contributed by atoms with Crippen molar-refractivity contribution in [1.82, 2.24) is 14.7 Å². The molecular weight excluding hydrogens is 290 g/mol. The van der Waals surface area contributed by atoms with E-state index in [2.05, 4.69) is 10.3 Å². The Morgan fingerprint density at radius 3 is 2.76 bits per heavy atom. The fourth-order valence-corrected chi connectivity index (χ4v) is 2.11. The lowest BCUT2D eigenvalue weighted by Crippen LogP contribution is -2.23. The van der Waals surface area contributed by atoms with Crippen molar-refractivity contribution in [3.05, 3.63) is 65.1 Å². The van der Waals surface area contributed by atoms with Gasteiger partial charge < -0.3 is 14.8 Å². The van der Waals surface area contributed by atoms with E-state index >= 15 is 0 Å². The third kappa shape index (κ3) is 2.83. The number of amides is 1. The number of fused-ring (bicyclic) bond motifs is 1. The number of hydrogen-bond acceptors (Lipinski definition) is 3. The molecule has 0 saturated heterocycles. The summed E-state index contributed by atoms with van der Waals surface area (Å²) in [6.45, 7) is 0.385. The van der Waals surface area contributed by atoms with Gasteiger partial charge in [-0.15, -0.1) is 0 Å². The molecule has 0 aliphatic carbocycles. The Morgan fingerprint density at radius 2 is 2.05 bits per heavy atom. The molecule has 1 amide bonds. The van der Waals surface area contributed by atoms with Crippen molar-refractivity contribution >= 4 is 23.2 Å². The second-order valence-corrected chi connectivity index (χ2v) is 5.00. The van der Waals surface area contributed by atoms with Crippen molar-refractivity contribution in [2.24, 2.45) is 0 Å². The number of nitrogens with one attached hydrogen (secondary N) is 1. The highest BCUT2D eigenvalue weighted by Crippen LogP contribution is 2.16. The van der Waals surface area contributed by atoms with E-state index in [1.165, 1.54) is 6.07 Å². The maximum Gasteiger partial charge on any atom is 0.271 e. The monoisotopic (exact) mass is 301 g/mol. The van der Waals surface area contributed by atoms with E-state index in [4.69, 9.17) is 11.6 Å². The van der Waals surface area contributed by atoms with Gasteiger partial charge in [-0.25, -0.2) is 4.98 Å². The molecule has 0 spiro atoms. The molecule has 106 valence electrons. The lowest BCUT2D eigenvalue weighted by molar-refractivity contribution is 0.0946. The van der Waals surface area contributed by atoms with Gasteiger partial charge in [-0.2, -0.15) is 0 Å². The van der Waals surface area contributed by atoms with Crippen LogP contribution in [-0.4, -0.2) is 20.4 Å². The van der Waals surface area contributed by atoms with Crippen molar-refractivity contribution in [3.8, 4) is 5.75 Å². The highest BCUT2D eigenvalue weighted by Gasteiger charge is 2.12.